The zero-order chi connectivity index (χ0) is 10.6. The Hall–Kier alpha value is 0. The number of unbranched alkanes of at least 4 members (excludes halogenated alkanes) is 6. The van der Waals surface area contributed by atoms with Crippen molar-refractivity contribution in [2.45, 2.75) is 78.6 Å². The molecule has 0 unspecified atom stereocenters. The van der Waals surface area contributed by atoms with Crippen molar-refractivity contribution in [3.63, 3.8) is 0 Å². The van der Waals surface area contributed by atoms with Gasteiger partial charge >= 0.3 is 0 Å². The normalized spacial score (nSPS) is 11.1. The summed E-state index contributed by atoms with van der Waals surface area (Å²) in [6, 6.07) is 0. The van der Waals surface area contributed by atoms with Crippen LogP contribution < -0.4 is 0 Å². The molecule has 0 amide bonds. The van der Waals surface area contributed by atoms with Crippen LogP contribution in [0.2, 0.25) is 0 Å². The zero-order valence-corrected chi connectivity index (χ0v) is 10.5. The van der Waals surface area contributed by atoms with Crippen LogP contribution in [0.5, 0.6) is 0 Å². The first-order chi connectivity index (χ1) is 6.85. The Balaban J connectivity index is 3.04. The number of hydrogen-bond acceptors (Lipinski definition) is 0. The van der Waals surface area contributed by atoms with Gasteiger partial charge in [-0.3, -0.25) is 0 Å². The minimum Gasteiger partial charge on any atom is -0.0654 e. The molecule has 0 spiro atoms. The van der Waals surface area contributed by atoms with E-state index in [9.17, 15) is 0 Å². The Kier molecular flexibility index (Phi) is 11.1. The molecular formula is C14H29. The molecule has 0 bridgehead atoms. The molecule has 0 heterocycles. The summed E-state index contributed by atoms with van der Waals surface area (Å²) >= 11 is 0. The molecule has 0 rings (SSSR count). The van der Waals surface area contributed by atoms with Gasteiger partial charge in [0.05, 0.1) is 0 Å². The van der Waals surface area contributed by atoms with E-state index in [2.05, 4.69) is 27.2 Å². The van der Waals surface area contributed by atoms with E-state index in [-0.39, 0.29) is 0 Å². The second-order valence-electron chi connectivity index (χ2n) is 4.41. The van der Waals surface area contributed by atoms with Gasteiger partial charge < -0.3 is 0 Å². The van der Waals surface area contributed by atoms with E-state index in [0.717, 1.165) is 5.92 Å². The third-order valence-corrected chi connectivity index (χ3v) is 3.17. The van der Waals surface area contributed by atoms with E-state index >= 15 is 0 Å². The Morgan fingerprint density at radius 1 is 0.857 bits per heavy atom. The zero-order valence-electron chi connectivity index (χ0n) is 10.5. The Morgan fingerprint density at radius 2 is 1.50 bits per heavy atom. The predicted molar refractivity (Wildman–Crippen MR) is 66.4 cm³/mol. The molecule has 0 nitrogen and oxygen atoms in total. The lowest BCUT2D eigenvalue weighted by molar-refractivity contribution is 0.474. The maximum absolute atomic E-state index is 2.52. The maximum atomic E-state index is 2.52. The van der Waals surface area contributed by atoms with Crippen molar-refractivity contribution >= 4 is 0 Å². The van der Waals surface area contributed by atoms with Gasteiger partial charge in [0, 0.05) is 0 Å². The maximum Gasteiger partial charge on any atom is -0.0383 e. The molecule has 0 atom stereocenters. The first-order valence-corrected chi connectivity index (χ1v) is 6.66. The first-order valence-electron chi connectivity index (χ1n) is 6.66. The van der Waals surface area contributed by atoms with E-state index in [0.29, 0.717) is 0 Å². The molecule has 0 aliphatic heterocycles. The van der Waals surface area contributed by atoms with E-state index < -0.39 is 0 Å². The van der Waals surface area contributed by atoms with Crippen molar-refractivity contribution in [1.82, 2.24) is 0 Å². The van der Waals surface area contributed by atoms with E-state index in [4.69, 9.17) is 0 Å². The lowest BCUT2D eigenvalue weighted by Gasteiger charge is -2.10. The van der Waals surface area contributed by atoms with Crippen LogP contribution in [0, 0.1) is 12.3 Å². The summed E-state index contributed by atoms with van der Waals surface area (Å²) in [4.78, 5) is 0. The van der Waals surface area contributed by atoms with Gasteiger partial charge in [-0.25, -0.2) is 0 Å². The average molecular weight is 197 g/mol. The summed E-state index contributed by atoms with van der Waals surface area (Å²) in [5, 5.41) is 0. The summed E-state index contributed by atoms with van der Waals surface area (Å²) in [6.07, 6.45) is 15.0. The molecule has 0 fully saturated rings. The fourth-order valence-corrected chi connectivity index (χ4v) is 1.87. The minimum atomic E-state index is 0.950. The van der Waals surface area contributed by atoms with Crippen molar-refractivity contribution in [1.29, 1.82) is 0 Å². The Bertz CT molecular complexity index is 92.2. The van der Waals surface area contributed by atoms with E-state index in [1.165, 1.54) is 57.8 Å². The fraction of sp³-hybridized carbons (Fsp3) is 0.929. The molecule has 0 aromatic carbocycles. The topological polar surface area (TPSA) is 0 Å². The molecule has 0 heteroatoms. The highest BCUT2D eigenvalue weighted by Gasteiger charge is 2.02. The number of hydrogen-bond donors (Lipinski definition) is 0. The van der Waals surface area contributed by atoms with Crippen LogP contribution in [-0.2, 0) is 0 Å². The molecule has 0 saturated heterocycles. The molecule has 14 heavy (non-hydrogen) atoms. The van der Waals surface area contributed by atoms with Crippen molar-refractivity contribution in [2.24, 2.45) is 5.92 Å². The third kappa shape index (κ3) is 8.59. The van der Waals surface area contributed by atoms with Gasteiger partial charge in [-0.2, -0.15) is 0 Å². The Morgan fingerprint density at radius 3 is 2.07 bits per heavy atom. The number of rotatable bonds is 10. The van der Waals surface area contributed by atoms with Crippen LogP contribution in [0.15, 0.2) is 0 Å². The summed E-state index contributed by atoms with van der Waals surface area (Å²) < 4.78 is 0. The molecular weight excluding hydrogens is 168 g/mol. The summed E-state index contributed by atoms with van der Waals surface area (Å²) in [5.74, 6) is 0.950. The largest absolute Gasteiger partial charge is 0.0654 e. The Labute approximate surface area is 91.5 Å². The molecule has 1 radical (unpaired) electrons. The predicted octanol–water partition coefficient (Wildman–Crippen LogP) is 5.38. The van der Waals surface area contributed by atoms with Crippen molar-refractivity contribution < 1.29 is 0 Å². The smallest absolute Gasteiger partial charge is 0.0383 e. The van der Waals surface area contributed by atoms with Crippen LogP contribution in [0.3, 0.4) is 0 Å². The lowest BCUT2D eigenvalue weighted by Crippen LogP contribution is -1.96. The van der Waals surface area contributed by atoms with Crippen LogP contribution in [0.25, 0.3) is 0 Å². The van der Waals surface area contributed by atoms with Gasteiger partial charge in [0.15, 0.2) is 0 Å². The molecule has 0 N–H and O–H groups in total. The molecule has 0 aliphatic rings. The molecule has 0 aliphatic carbocycles. The van der Waals surface area contributed by atoms with Gasteiger partial charge in [0.2, 0.25) is 0 Å². The second-order valence-corrected chi connectivity index (χ2v) is 4.41. The average Bonchev–Trinajstić information content (AvgIpc) is 2.22. The fourth-order valence-electron chi connectivity index (χ4n) is 1.87. The monoisotopic (exact) mass is 197 g/mol. The first kappa shape index (κ1) is 14.0. The van der Waals surface area contributed by atoms with Gasteiger partial charge in [0.1, 0.15) is 0 Å². The van der Waals surface area contributed by atoms with Crippen LogP contribution >= 0.6 is 0 Å². The van der Waals surface area contributed by atoms with Crippen LogP contribution in [0.1, 0.15) is 78.6 Å². The van der Waals surface area contributed by atoms with Crippen LogP contribution in [0.4, 0.5) is 0 Å². The van der Waals surface area contributed by atoms with Crippen molar-refractivity contribution in [2.75, 3.05) is 0 Å². The van der Waals surface area contributed by atoms with Gasteiger partial charge in [-0.05, 0) is 18.8 Å². The van der Waals surface area contributed by atoms with Crippen LogP contribution in [-0.4, -0.2) is 0 Å². The summed E-state index contributed by atoms with van der Waals surface area (Å²) in [5.41, 5.74) is 0. The standard InChI is InChI=1S/C14H29/c1-4-7-8-9-10-11-12-13-14(5-2)6-3/h12,14H,4-11,13H2,1-3H3. The van der Waals surface area contributed by atoms with Crippen molar-refractivity contribution in [3.8, 4) is 0 Å². The SMILES string of the molecule is CCCCCCC[CH]CC(CC)CC. The summed E-state index contributed by atoms with van der Waals surface area (Å²) in [7, 11) is 0. The minimum absolute atomic E-state index is 0.950. The molecule has 85 valence electrons. The summed E-state index contributed by atoms with van der Waals surface area (Å²) in [6.45, 7) is 6.89. The van der Waals surface area contributed by atoms with Gasteiger partial charge in [-0.15, -0.1) is 0 Å². The highest BCUT2D eigenvalue weighted by Crippen LogP contribution is 2.16. The molecule has 0 aromatic heterocycles. The second kappa shape index (κ2) is 11.1. The van der Waals surface area contributed by atoms with Crippen molar-refractivity contribution in [3.05, 3.63) is 6.42 Å². The van der Waals surface area contributed by atoms with Gasteiger partial charge in [0.25, 0.3) is 0 Å². The molecule has 0 saturated carbocycles. The quantitative estimate of drug-likeness (QED) is 0.413. The van der Waals surface area contributed by atoms with E-state index in [1.807, 2.05) is 0 Å². The van der Waals surface area contributed by atoms with Gasteiger partial charge in [-0.1, -0.05) is 72.1 Å². The third-order valence-electron chi connectivity index (χ3n) is 3.17. The lowest BCUT2D eigenvalue weighted by atomic mass is 9.96. The molecule has 0 aromatic rings. The highest BCUT2D eigenvalue weighted by atomic mass is 14.1. The highest BCUT2D eigenvalue weighted by molar-refractivity contribution is 4.69. The van der Waals surface area contributed by atoms with E-state index in [1.54, 1.807) is 0 Å².